The number of H-pyrrole nitrogens is 1. The molecule has 2 aliphatic carbocycles. The van der Waals surface area contributed by atoms with Gasteiger partial charge in [0.05, 0.1) is 21.6 Å². The average molecular weight is 888 g/mol. The maximum Gasteiger partial charge on any atom is 0.293 e. The molecule has 3 N–H and O–H groups in total. The number of nitro groups is 1. The molecule has 64 heavy (non-hydrogen) atoms. The first kappa shape index (κ1) is 42.4. The van der Waals surface area contributed by atoms with Gasteiger partial charge in [0.25, 0.3) is 21.6 Å². The Kier molecular flexibility index (Phi) is 11.1. The fourth-order valence-corrected chi connectivity index (χ4v) is 12.0. The van der Waals surface area contributed by atoms with E-state index in [1.54, 1.807) is 41.7 Å². The number of ether oxygens (including phenoxy) is 2. The number of anilines is 2. The van der Waals surface area contributed by atoms with Gasteiger partial charge in [-0.1, -0.05) is 38.1 Å². The number of amides is 1. The van der Waals surface area contributed by atoms with Gasteiger partial charge in [-0.05, 0) is 135 Å². The third-order valence-electron chi connectivity index (χ3n) is 14.8. The molecule has 1 amide bonds. The molecule has 3 aliphatic heterocycles. The number of benzene rings is 3. The van der Waals surface area contributed by atoms with E-state index in [4.69, 9.17) is 9.47 Å². The molecule has 3 aromatic carbocycles. The minimum Gasteiger partial charge on any atom is -0.455 e. The largest absolute Gasteiger partial charge is 0.455 e. The van der Waals surface area contributed by atoms with Crippen LogP contribution in [0.15, 0.2) is 90.1 Å². The molecule has 3 saturated heterocycles. The minimum atomic E-state index is -4.54. The highest BCUT2D eigenvalue weighted by atomic mass is 32.2. The zero-order chi connectivity index (χ0) is 44.2. The number of nitrogens with zero attached hydrogens (tertiary/aromatic N) is 4. The van der Waals surface area contributed by atoms with Gasteiger partial charge >= 0.3 is 0 Å². The van der Waals surface area contributed by atoms with Crippen LogP contribution < -0.4 is 19.7 Å². The number of aromatic amines is 1. The highest BCUT2D eigenvalue weighted by Crippen LogP contribution is 2.58. The normalized spacial score (nSPS) is 21.5. The maximum absolute atomic E-state index is 14.0. The molecule has 5 aromatic rings. The van der Waals surface area contributed by atoms with Crippen LogP contribution in [-0.2, 0) is 14.8 Å². The number of likely N-dealkylation sites (tertiary alicyclic amines) is 1. The van der Waals surface area contributed by atoms with Crippen molar-refractivity contribution >= 4 is 44.0 Å². The molecule has 2 aromatic heterocycles. The molecule has 2 saturated carbocycles. The Balaban J connectivity index is 0.847. The van der Waals surface area contributed by atoms with Crippen LogP contribution in [-0.4, -0.2) is 79.6 Å². The Hall–Kier alpha value is -5.51. The second kappa shape index (κ2) is 16.8. The highest BCUT2D eigenvalue weighted by molar-refractivity contribution is 7.90. The summed E-state index contributed by atoms with van der Waals surface area (Å²) in [5.74, 6) is 0.615. The molecule has 0 bridgehead atoms. The first-order valence-corrected chi connectivity index (χ1v) is 24.3. The standard InChI is InChI=1S/C49H57N7O7S/c1-48(2)16-22-55(45(48)40-6-4-3-5-39(40)33-7-8-33)36-28-49(29-36)17-20-54(21-18-49)35-9-11-41(44(26-35)63-37-25-34-13-19-50-46(34)52-31-37)47(57)53-64(60,61)38-10-12-42(43(27-38)56(58)59)51-30-32-14-23-62-24-15-32/h3-6,9-13,19,25-27,31-33,36,45,51H,7-8,14-18,20-24,28-30H2,1-2H3,(H,50,52)(H,53,57). The summed E-state index contributed by atoms with van der Waals surface area (Å²) in [4.78, 5) is 37.7. The zero-order valence-corrected chi connectivity index (χ0v) is 37.4. The van der Waals surface area contributed by atoms with Gasteiger partial charge in [-0.15, -0.1) is 0 Å². The third-order valence-corrected chi connectivity index (χ3v) is 16.2. The van der Waals surface area contributed by atoms with Crippen LogP contribution in [0.1, 0.15) is 105 Å². The summed E-state index contributed by atoms with van der Waals surface area (Å²) in [7, 11) is -4.54. The molecule has 1 unspecified atom stereocenters. The van der Waals surface area contributed by atoms with Crippen molar-refractivity contribution in [3.63, 3.8) is 0 Å². The van der Waals surface area contributed by atoms with Crippen molar-refractivity contribution < 1.29 is 27.6 Å². The summed E-state index contributed by atoms with van der Waals surface area (Å²) in [6, 6.07) is 22.7. The summed E-state index contributed by atoms with van der Waals surface area (Å²) in [5.41, 5.74) is 4.98. The van der Waals surface area contributed by atoms with E-state index in [-0.39, 0.29) is 28.3 Å². The van der Waals surface area contributed by atoms with Crippen LogP contribution in [0.2, 0.25) is 0 Å². The lowest BCUT2D eigenvalue weighted by atomic mass is 9.59. The van der Waals surface area contributed by atoms with E-state index in [0.717, 1.165) is 68.4 Å². The molecule has 1 atom stereocenters. The summed E-state index contributed by atoms with van der Waals surface area (Å²) in [6.07, 6.45) is 13.3. The number of carbonyl (C=O) groups excluding carboxylic acids is 1. The number of nitro benzene ring substituents is 1. The lowest BCUT2D eigenvalue weighted by Gasteiger charge is -2.56. The monoisotopic (exact) mass is 887 g/mol. The Labute approximate surface area is 374 Å². The Morgan fingerprint density at radius 3 is 2.47 bits per heavy atom. The van der Waals surface area contributed by atoms with Gasteiger partial charge in [0.1, 0.15) is 22.8 Å². The van der Waals surface area contributed by atoms with Crippen molar-refractivity contribution in [1.82, 2.24) is 19.6 Å². The number of fused-ring (bicyclic) bond motifs is 1. The van der Waals surface area contributed by atoms with Gasteiger partial charge < -0.3 is 24.7 Å². The summed E-state index contributed by atoms with van der Waals surface area (Å²) in [5, 5.41) is 16.0. The van der Waals surface area contributed by atoms with Crippen molar-refractivity contribution in [1.29, 1.82) is 0 Å². The van der Waals surface area contributed by atoms with Crippen LogP contribution in [0.4, 0.5) is 17.1 Å². The molecule has 15 heteroatoms. The Bertz CT molecular complexity index is 2680. The lowest BCUT2D eigenvalue weighted by Crippen LogP contribution is -2.55. The SMILES string of the molecule is CC1(C)CCN(C2CC3(CCN(c4ccc(C(=O)NS(=O)(=O)c5ccc(NCC6CCOCC6)c([N+](=O)[O-])c5)c(Oc5cnc6[nH]ccc6c5)c4)CC3)C2)C1c1ccccc1C1CC1. The molecule has 10 rings (SSSR count). The van der Waals surface area contributed by atoms with Gasteiger partial charge in [-0.2, -0.15) is 0 Å². The first-order chi connectivity index (χ1) is 30.8. The van der Waals surface area contributed by atoms with Crippen molar-refractivity contribution in [3.05, 3.63) is 112 Å². The van der Waals surface area contributed by atoms with E-state index in [2.05, 4.69) is 67.9 Å². The number of hydrogen-bond acceptors (Lipinski definition) is 11. The quantitative estimate of drug-likeness (QED) is 0.0760. The van der Waals surface area contributed by atoms with Crippen LogP contribution >= 0.6 is 0 Å². The molecule has 1 spiro atoms. The topological polar surface area (TPSA) is 172 Å². The van der Waals surface area contributed by atoms with Crippen molar-refractivity contribution in [2.24, 2.45) is 16.7 Å². The predicted molar refractivity (Wildman–Crippen MR) is 246 cm³/mol. The first-order valence-electron chi connectivity index (χ1n) is 22.9. The molecular weight excluding hydrogens is 831 g/mol. The number of hydrogen-bond donors (Lipinski definition) is 3. The number of pyridine rings is 1. The van der Waals surface area contributed by atoms with E-state index < -0.39 is 31.4 Å². The van der Waals surface area contributed by atoms with E-state index >= 15 is 0 Å². The summed E-state index contributed by atoms with van der Waals surface area (Å²) >= 11 is 0. The fraction of sp³-hybridized carbons (Fsp3) is 0.469. The molecular formula is C49H57N7O7S. The van der Waals surface area contributed by atoms with Crippen molar-refractivity contribution in [3.8, 4) is 11.5 Å². The summed E-state index contributed by atoms with van der Waals surface area (Å²) in [6.45, 7) is 9.50. The smallest absolute Gasteiger partial charge is 0.293 e. The number of carbonyl (C=O) groups is 1. The number of sulfonamides is 1. The summed E-state index contributed by atoms with van der Waals surface area (Å²) < 4.78 is 41.4. The number of nitrogens with one attached hydrogen (secondary N) is 3. The second-order valence-corrected chi connectivity index (χ2v) is 21.2. The van der Waals surface area contributed by atoms with Gasteiger partial charge in [-0.3, -0.25) is 19.8 Å². The van der Waals surface area contributed by atoms with Crippen LogP contribution in [0, 0.1) is 26.9 Å². The molecule has 5 fully saturated rings. The van der Waals surface area contributed by atoms with Gasteiger partial charge in [0.2, 0.25) is 0 Å². The van der Waals surface area contributed by atoms with Gasteiger partial charge in [-0.25, -0.2) is 18.1 Å². The molecule has 5 heterocycles. The van der Waals surface area contributed by atoms with Crippen molar-refractivity contribution in [2.45, 2.75) is 94.5 Å². The number of piperidine rings is 1. The lowest BCUT2D eigenvalue weighted by molar-refractivity contribution is -0.384. The Morgan fingerprint density at radius 2 is 1.72 bits per heavy atom. The molecule has 14 nitrogen and oxygen atoms in total. The molecule has 0 radical (unpaired) electrons. The van der Waals surface area contributed by atoms with Gasteiger partial charge in [0.15, 0.2) is 0 Å². The average Bonchev–Trinajstić information content (AvgIpc) is 3.94. The molecule has 336 valence electrons. The maximum atomic E-state index is 14.0. The minimum absolute atomic E-state index is 0.00703. The van der Waals surface area contributed by atoms with Crippen LogP contribution in [0.3, 0.4) is 0 Å². The third kappa shape index (κ3) is 8.45. The zero-order valence-electron chi connectivity index (χ0n) is 36.6. The van der Waals surface area contributed by atoms with E-state index in [1.807, 2.05) is 12.1 Å². The van der Waals surface area contributed by atoms with E-state index in [1.165, 1.54) is 44.2 Å². The van der Waals surface area contributed by atoms with E-state index in [9.17, 15) is 23.3 Å². The highest BCUT2D eigenvalue weighted by Gasteiger charge is 2.53. The Morgan fingerprint density at radius 1 is 0.953 bits per heavy atom. The van der Waals surface area contributed by atoms with Crippen LogP contribution in [0.5, 0.6) is 11.5 Å². The second-order valence-electron chi connectivity index (χ2n) is 19.5. The van der Waals surface area contributed by atoms with E-state index in [0.29, 0.717) is 48.7 Å². The predicted octanol–water partition coefficient (Wildman–Crippen LogP) is 9.32. The number of rotatable bonds is 13. The number of aromatic nitrogens is 2. The van der Waals surface area contributed by atoms with Crippen LogP contribution in [0.25, 0.3) is 11.0 Å². The fourth-order valence-electron chi connectivity index (χ4n) is 11.0. The van der Waals surface area contributed by atoms with Gasteiger partial charge in [0, 0.05) is 74.3 Å². The van der Waals surface area contributed by atoms with Crippen molar-refractivity contribution in [2.75, 3.05) is 49.6 Å². The molecule has 5 aliphatic rings.